The number of terminal acetylenes is 1. The molecule has 2 saturated heterocycles. The number of cyclic esters (lactones) is 1. The van der Waals surface area contributed by atoms with Crippen LogP contribution in [0.1, 0.15) is 12.8 Å². The van der Waals surface area contributed by atoms with Crippen molar-refractivity contribution in [2.24, 2.45) is 0 Å². The molecular formula is C16H14O5. The Balaban J connectivity index is 1.79. The highest BCUT2D eigenvalue weighted by Gasteiger charge is 2.52. The van der Waals surface area contributed by atoms with Crippen molar-refractivity contribution in [1.82, 2.24) is 0 Å². The van der Waals surface area contributed by atoms with Crippen LogP contribution >= 0.6 is 0 Å². The van der Waals surface area contributed by atoms with Gasteiger partial charge in [0.05, 0.1) is 0 Å². The highest BCUT2D eigenvalue weighted by molar-refractivity contribution is 5.71. The van der Waals surface area contributed by atoms with Crippen molar-refractivity contribution >= 4 is 5.97 Å². The first-order valence-electron chi connectivity index (χ1n) is 6.47. The van der Waals surface area contributed by atoms with Crippen LogP contribution in [-0.2, 0) is 14.3 Å². The van der Waals surface area contributed by atoms with Crippen LogP contribution in [0.5, 0.6) is 0 Å². The molecule has 0 aromatic rings. The summed E-state index contributed by atoms with van der Waals surface area (Å²) in [5.41, 5.74) is 0. The first kappa shape index (κ1) is 15.2. The smallest absolute Gasteiger partial charge is 0.306 e. The first-order chi connectivity index (χ1) is 10.1. The van der Waals surface area contributed by atoms with E-state index in [1.165, 1.54) is 12.2 Å². The maximum absolute atomic E-state index is 11.0. The van der Waals surface area contributed by atoms with Gasteiger partial charge in [0.1, 0.15) is 30.5 Å². The molecule has 0 bridgehead atoms. The number of aliphatic hydroxyl groups is 2. The van der Waals surface area contributed by atoms with Crippen molar-refractivity contribution in [1.29, 1.82) is 0 Å². The van der Waals surface area contributed by atoms with Gasteiger partial charge in [-0.15, -0.1) is 6.42 Å². The predicted molar refractivity (Wildman–Crippen MR) is 73.3 cm³/mol. The zero-order valence-electron chi connectivity index (χ0n) is 11.2. The molecule has 5 heteroatoms. The molecule has 2 aliphatic rings. The average Bonchev–Trinajstić information content (AvgIpc) is 3.16. The number of esters is 1. The van der Waals surface area contributed by atoms with E-state index >= 15 is 0 Å². The lowest BCUT2D eigenvalue weighted by Gasteiger charge is -2.14. The summed E-state index contributed by atoms with van der Waals surface area (Å²) in [7, 11) is 0. The molecular weight excluding hydrogens is 272 g/mol. The molecule has 108 valence electrons. The lowest BCUT2D eigenvalue weighted by atomic mass is 10.0. The fourth-order valence-corrected chi connectivity index (χ4v) is 2.09. The average molecular weight is 286 g/mol. The van der Waals surface area contributed by atoms with Crippen molar-refractivity contribution < 1.29 is 24.5 Å². The second kappa shape index (κ2) is 6.97. The fourth-order valence-electron chi connectivity index (χ4n) is 2.09. The summed E-state index contributed by atoms with van der Waals surface area (Å²) < 4.78 is 10.2. The summed E-state index contributed by atoms with van der Waals surface area (Å²) in [6.45, 7) is 0. The van der Waals surface area contributed by atoms with E-state index in [4.69, 9.17) is 15.9 Å². The molecule has 21 heavy (non-hydrogen) atoms. The summed E-state index contributed by atoms with van der Waals surface area (Å²) >= 11 is 0. The molecule has 2 N–H and O–H groups in total. The minimum Gasteiger partial charge on any atom is -0.459 e. The summed E-state index contributed by atoms with van der Waals surface area (Å²) in [6, 6.07) is 0. The van der Waals surface area contributed by atoms with Gasteiger partial charge < -0.3 is 19.7 Å². The van der Waals surface area contributed by atoms with E-state index in [0.29, 0.717) is 12.8 Å². The quantitative estimate of drug-likeness (QED) is 0.409. The van der Waals surface area contributed by atoms with Crippen LogP contribution in [0.2, 0.25) is 0 Å². The van der Waals surface area contributed by atoms with Gasteiger partial charge in [-0.3, -0.25) is 4.79 Å². The molecule has 5 atom stereocenters. The van der Waals surface area contributed by atoms with Crippen LogP contribution in [0.3, 0.4) is 0 Å². The highest BCUT2D eigenvalue weighted by atomic mass is 16.6. The Morgan fingerprint density at radius 1 is 1.29 bits per heavy atom. The van der Waals surface area contributed by atoms with Gasteiger partial charge in [-0.05, 0) is 42.3 Å². The predicted octanol–water partition coefficient (Wildman–Crippen LogP) is -0.623. The number of allylic oxidation sites excluding steroid dienone is 1. The molecule has 0 aromatic heterocycles. The second-order valence-electron chi connectivity index (χ2n) is 4.64. The lowest BCUT2D eigenvalue weighted by Crippen LogP contribution is -2.33. The Kier molecular flexibility index (Phi) is 5.04. The maximum Gasteiger partial charge on any atom is 0.306 e. The van der Waals surface area contributed by atoms with Crippen LogP contribution in [0, 0.1) is 36.0 Å². The van der Waals surface area contributed by atoms with Crippen LogP contribution in [0.4, 0.5) is 0 Å². The Labute approximate surface area is 122 Å². The topological polar surface area (TPSA) is 79.3 Å². The van der Waals surface area contributed by atoms with Crippen LogP contribution in [0.15, 0.2) is 12.2 Å². The van der Waals surface area contributed by atoms with Crippen LogP contribution in [0.25, 0.3) is 0 Å². The Hall–Kier alpha value is -2.23. The van der Waals surface area contributed by atoms with E-state index in [1.807, 2.05) is 0 Å². The number of carbonyl (C=O) groups excluding carboxylic acids is 1. The summed E-state index contributed by atoms with van der Waals surface area (Å²) in [6.07, 6.45) is 5.17. The standard InChI is InChI=1S/C16H14O5/c1-2-3-4-5-6-7-8-11(17)15-16(21-15)14(19)12-9-10-13(18)20-12/h1,7-8,11-12,14-17,19H,9-10H2/b8-7+/t11-,12+,14-,15+,16+/m1/s1. The van der Waals surface area contributed by atoms with Crippen molar-refractivity contribution in [3.63, 3.8) is 0 Å². The molecule has 2 fully saturated rings. The molecule has 0 saturated carbocycles. The highest BCUT2D eigenvalue weighted by Crippen LogP contribution is 2.33. The van der Waals surface area contributed by atoms with Crippen molar-refractivity contribution in [2.75, 3.05) is 0 Å². The van der Waals surface area contributed by atoms with E-state index in [9.17, 15) is 15.0 Å². The molecule has 0 unspecified atom stereocenters. The first-order valence-corrected chi connectivity index (χ1v) is 6.47. The minimum absolute atomic E-state index is 0.301. The number of hydrogen-bond acceptors (Lipinski definition) is 5. The Bertz CT molecular complexity index is 592. The van der Waals surface area contributed by atoms with Gasteiger partial charge >= 0.3 is 5.97 Å². The molecule has 2 rings (SSSR count). The van der Waals surface area contributed by atoms with Gasteiger partial charge in [0.25, 0.3) is 0 Å². The third kappa shape index (κ3) is 4.12. The van der Waals surface area contributed by atoms with Gasteiger partial charge in [-0.2, -0.15) is 0 Å². The van der Waals surface area contributed by atoms with E-state index in [-0.39, 0.29) is 5.97 Å². The number of carbonyl (C=O) groups is 1. The largest absolute Gasteiger partial charge is 0.459 e. The number of aliphatic hydroxyl groups excluding tert-OH is 2. The third-order valence-electron chi connectivity index (χ3n) is 3.18. The maximum atomic E-state index is 11.0. The zero-order valence-corrected chi connectivity index (χ0v) is 11.2. The van der Waals surface area contributed by atoms with Crippen molar-refractivity contribution in [2.45, 2.75) is 43.4 Å². The van der Waals surface area contributed by atoms with Gasteiger partial charge in [0.15, 0.2) is 0 Å². The zero-order chi connectivity index (χ0) is 15.2. The van der Waals surface area contributed by atoms with Crippen LogP contribution in [-0.4, -0.2) is 46.7 Å². The van der Waals surface area contributed by atoms with Crippen LogP contribution < -0.4 is 0 Å². The molecule has 2 heterocycles. The van der Waals surface area contributed by atoms with Gasteiger partial charge in [0, 0.05) is 6.42 Å². The monoisotopic (exact) mass is 286 g/mol. The number of hydrogen-bond donors (Lipinski definition) is 2. The molecule has 0 amide bonds. The molecule has 5 nitrogen and oxygen atoms in total. The summed E-state index contributed by atoms with van der Waals surface area (Å²) in [4.78, 5) is 11.0. The summed E-state index contributed by atoms with van der Waals surface area (Å²) in [5, 5.41) is 19.8. The van der Waals surface area contributed by atoms with E-state index in [2.05, 4.69) is 29.6 Å². The van der Waals surface area contributed by atoms with Gasteiger partial charge in [0.2, 0.25) is 0 Å². The normalized spacial score (nSPS) is 29.4. The Morgan fingerprint density at radius 2 is 2.10 bits per heavy atom. The Morgan fingerprint density at radius 3 is 2.76 bits per heavy atom. The minimum atomic E-state index is -0.919. The molecule has 0 aromatic carbocycles. The molecule has 0 aliphatic carbocycles. The molecule has 0 radical (unpaired) electrons. The SMILES string of the molecule is C#CC#CC#C/C=C/[C@@H](O)[C@@H]1O[C@H]1[C@H](O)[C@@H]1CCC(=O)O1. The fraction of sp³-hybridized carbons (Fsp3) is 0.438. The van der Waals surface area contributed by atoms with Gasteiger partial charge in [-0.1, -0.05) is 5.92 Å². The molecule has 0 spiro atoms. The lowest BCUT2D eigenvalue weighted by molar-refractivity contribution is -0.145. The van der Waals surface area contributed by atoms with Crippen molar-refractivity contribution in [3.05, 3.63) is 12.2 Å². The number of epoxide rings is 1. The van der Waals surface area contributed by atoms with E-state index in [0.717, 1.165) is 0 Å². The van der Waals surface area contributed by atoms with E-state index in [1.54, 1.807) is 0 Å². The van der Waals surface area contributed by atoms with E-state index < -0.39 is 30.5 Å². The summed E-state index contributed by atoms with van der Waals surface area (Å²) in [5.74, 6) is 11.6. The van der Waals surface area contributed by atoms with Gasteiger partial charge in [-0.25, -0.2) is 0 Å². The molecule has 2 aliphatic heterocycles. The van der Waals surface area contributed by atoms with Crippen molar-refractivity contribution in [3.8, 4) is 36.0 Å². The third-order valence-corrected chi connectivity index (χ3v) is 3.18. The number of ether oxygens (including phenoxy) is 2. The second-order valence-corrected chi connectivity index (χ2v) is 4.64. The number of rotatable bonds is 4.